The molecule has 4 rings (SSSR count). The molecule has 0 saturated carbocycles. The summed E-state index contributed by atoms with van der Waals surface area (Å²) in [6, 6.07) is 17.0. The molecule has 0 radical (unpaired) electrons. The summed E-state index contributed by atoms with van der Waals surface area (Å²) in [5.74, 6) is -0.0373. The number of aryl methyl sites for hydroxylation is 1. The van der Waals surface area contributed by atoms with Crippen LogP contribution in [0.2, 0.25) is 0 Å². The molecule has 1 heterocycles. The lowest BCUT2D eigenvalue weighted by Crippen LogP contribution is -2.34. The lowest BCUT2D eigenvalue weighted by Gasteiger charge is -2.10. The second-order valence-electron chi connectivity index (χ2n) is 7.12. The summed E-state index contributed by atoms with van der Waals surface area (Å²) < 4.78 is 10.8. The predicted octanol–water partition coefficient (Wildman–Crippen LogP) is 4.85. The maximum absolute atomic E-state index is 12.5. The first-order chi connectivity index (χ1) is 15.8. The number of nitrogens with one attached hydrogen (secondary N) is 2. The van der Waals surface area contributed by atoms with Crippen molar-refractivity contribution < 1.29 is 18.9 Å². The van der Waals surface area contributed by atoms with Crippen LogP contribution in [0.1, 0.15) is 15.9 Å². The fourth-order valence-corrected chi connectivity index (χ4v) is 3.35. The summed E-state index contributed by atoms with van der Waals surface area (Å²) in [5, 5.41) is 16.6. The number of hydrogen-bond donors (Lipinski definition) is 2. The van der Waals surface area contributed by atoms with Crippen molar-refractivity contribution in [2.24, 2.45) is 0 Å². The van der Waals surface area contributed by atoms with Gasteiger partial charge in [-0.25, -0.2) is 4.98 Å². The van der Waals surface area contributed by atoms with Crippen LogP contribution in [-0.4, -0.2) is 28.0 Å². The average molecular weight is 462 g/mol. The van der Waals surface area contributed by atoms with E-state index in [2.05, 4.69) is 15.6 Å². The highest BCUT2D eigenvalue weighted by Crippen LogP contribution is 2.28. The van der Waals surface area contributed by atoms with E-state index in [1.54, 1.807) is 18.2 Å². The molecule has 0 aliphatic rings. The molecule has 1 aromatic heterocycles. The first kappa shape index (κ1) is 21.9. The van der Waals surface area contributed by atoms with Gasteiger partial charge in [0.1, 0.15) is 5.52 Å². The molecule has 3 aromatic carbocycles. The van der Waals surface area contributed by atoms with Crippen LogP contribution in [0.25, 0.3) is 22.6 Å². The standard InChI is InChI=1S/C23H18N4O5S/c1-13-3-5-14(6-4-13)22-25-17-12-16(8-10-19(17)32-22)24-23(33)26-21(28)15-7-9-20(31-2)18(11-15)27(29)30/h3-12H,1-2H3,(H2,24,26,28,33). The number of fused-ring (bicyclic) bond motifs is 1. The van der Waals surface area contributed by atoms with Crippen molar-refractivity contribution in [3.8, 4) is 17.2 Å². The number of aromatic nitrogens is 1. The van der Waals surface area contributed by atoms with E-state index in [0.717, 1.165) is 17.2 Å². The number of rotatable bonds is 5. The highest BCUT2D eigenvalue weighted by molar-refractivity contribution is 7.80. The zero-order valence-corrected chi connectivity index (χ0v) is 18.4. The number of ether oxygens (including phenoxy) is 1. The van der Waals surface area contributed by atoms with Crippen LogP contribution in [0.5, 0.6) is 5.75 Å². The van der Waals surface area contributed by atoms with E-state index >= 15 is 0 Å². The van der Waals surface area contributed by atoms with E-state index in [0.29, 0.717) is 22.7 Å². The van der Waals surface area contributed by atoms with Crippen molar-refractivity contribution >= 4 is 45.7 Å². The lowest BCUT2D eigenvalue weighted by molar-refractivity contribution is -0.385. The van der Waals surface area contributed by atoms with Gasteiger partial charge in [-0.3, -0.25) is 20.2 Å². The molecule has 0 fully saturated rings. The molecule has 0 spiro atoms. The minimum Gasteiger partial charge on any atom is -0.490 e. The number of methoxy groups -OCH3 is 1. The molecule has 0 unspecified atom stereocenters. The minimum absolute atomic E-state index is 0.0278. The Kier molecular flexibility index (Phi) is 6.01. The summed E-state index contributed by atoms with van der Waals surface area (Å²) in [5.41, 5.74) is 3.58. The largest absolute Gasteiger partial charge is 0.490 e. The molecular weight excluding hydrogens is 444 g/mol. The van der Waals surface area contributed by atoms with Crippen molar-refractivity contribution in [1.29, 1.82) is 0 Å². The number of anilines is 1. The van der Waals surface area contributed by atoms with Gasteiger partial charge in [0.05, 0.1) is 12.0 Å². The van der Waals surface area contributed by atoms with Gasteiger partial charge in [0.15, 0.2) is 16.4 Å². The zero-order valence-electron chi connectivity index (χ0n) is 17.6. The first-order valence-electron chi connectivity index (χ1n) is 9.76. The predicted molar refractivity (Wildman–Crippen MR) is 128 cm³/mol. The van der Waals surface area contributed by atoms with Crippen LogP contribution in [0.4, 0.5) is 11.4 Å². The molecule has 0 aliphatic carbocycles. The molecule has 166 valence electrons. The van der Waals surface area contributed by atoms with Gasteiger partial charge in [0.25, 0.3) is 5.91 Å². The number of carbonyl (C=O) groups is 1. The fraction of sp³-hybridized carbons (Fsp3) is 0.0870. The summed E-state index contributed by atoms with van der Waals surface area (Å²) in [7, 11) is 1.32. The summed E-state index contributed by atoms with van der Waals surface area (Å²) in [4.78, 5) is 27.6. The molecule has 9 nitrogen and oxygen atoms in total. The molecule has 2 N–H and O–H groups in total. The normalized spacial score (nSPS) is 10.6. The van der Waals surface area contributed by atoms with Gasteiger partial charge in [-0.15, -0.1) is 0 Å². The maximum atomic E-state index is 12.5. The Labute approximate surface area is 193 Å². The second kappa shape index (κ2) is 9.05. The SMILES string of the molecule is COc1ccc(C(=O)NC(=S)Nc2ccc3oc(-c4ccc(C)cc4)nc3c2)cc1[N+](=O)[O-]. The number of thiocarbonyl (C=S) groups is 1. The number of oxazole rings is 1. The minimum atomic E-state index is -0.621. The van der Waals surface area contributed by atoms with Crippen LogP contribution in [0.3, 0.4) is 0 Å². The lowest BCUT2D eigenvalue weighted by atomic mass is 10.1. The van der Waals surface area contributed by atoms with Crippen LogP contribution >= 0.6 is 12.2 Å². The van der Waals surface area contributed by atoms with Gasteiger partial charge >= 0.3 is 5.69 Å². The number of benzene rings is 3. The molecule has 33 heavy (non-hydrogen) atoms. The topological polar surface area (TPSA) is 120 Å². The van der Waals surface area contributed by atoms with Crippen molar-refractivity contribution in [1.82, 2.24) is 10.3 Å². The molecule has 0 aliphatic heterocycles. The van der Waals surface area contributed by atoms with E-state index < -0.39 is 10.8 Å². The third-order valence-corrected chi connectivity index (χ3v) is 5.01. The van der Waals surface area contributed by atoms with Gasteiger partial charge in [0.2, 0.25) is 5.89 Å². The van der Waals surface area contributed by atoms with E-state index in [1.807, 2.05) is 31.2 Å². The number of hydrogen-bond acceptors (Lipinski definition) is 7. The first-order valence-corrected chi connectivity index (χ1v) is 10.2. The number of nitrogens with zero attached hydrogens (tertiary/aromatic N) is 2. The molecular formula is C23H18N4O5S. The van der Waals surface area contributed by atoms with Crippen molar-refractivity contribution in [2.45, 2.75) is 6.92 Å². The van der Waals surface area contributed by atoms with Crippen LogP contribution in [0, 0.1) is 17.0 Å². The number of carbonyl (C=O) groups excluding carboxylic acids is 1. The quantitative estimate of drug-likeness (QED) is 0.245. The highest BCUT2D eigenvalue weighted by Gasteiger charge is 2.19. The Hall–Kier alpha value is -4.31. The van der Waals surface area contributed by atoms with Gasteiger partial charge in [-0.2, -0.15) is 0 Å². The van der Waals surface area contributed by atoms with Gasteiger partial charge in [-0.05, 0) is 61.6 Å². The zero-order chi connectivity index (χ0) is 23.5. The number of amides is 1. The van der Waals surface area contributed by atoms with Crippen molar-refractivity contribution in [3.63, 3.8) is 0 Å². The van der Waals surface area contributed by atoms with Crippen molar-refractivity contribution in [3.05, 3.63) is 81.9 Å². The summed E-state index contributed by atoms with van der Waals surface area (Å²) in [6.07, 6.45) is 0. The molecule has 4 aromatic rings. The highest BCUT2D eigenvalue weighted by atomic mass is 32.1. The van der Waals surface area contributed by atoms with Crippen molar-refractivity contribution in [2.75, 3.05) is 12.4 Å². The van der Waals surface area contributed by atoms with Gasteiger partial charge in [-0.1, -0.05) is 17.7 Å². The Balaban J connectivity index is 1.47. The Morgan fingerprint density at radius 1 is 1.12 bits per heavy atom. The molecule has 0 atom stereocenters. The number of nitro benzene ring substituents is 1. The molecule has 0 bridgehead atoms. The Morgan fingerprint density at radius 2 is 1.88 bits per heavy atom. The van der Waals surface area contributed by atoms with Crippen LogP contribution < -0.4 is 15.4 Å². The van der Waals surface area contributed by atoms with E-state index in [-0.39, 0.29) is 22.1 Å². The average Bonchev–Trinajstić information content (AvgIpc) is 3.22. The van der Waals surface area contributed by atoms with Crippen LogP contribution in [-0.2, 0) is 0 Å². The number of nitro groups is 1. The van der Waals surface area contributed by atoms with Gasteiger partial charge in [0, 0.05) is 22.9 Å². The third kappa shape index (κ3) is 4.80. The smallest absolute Gasteiger partial charge is 0.311 e. The molecule has 0 saturated heterocycles. The fourth-order valence-electron chi connectivity index (χ4n) is 3.14. The molecule has 1 amide bonds. The monoisotopic (exact) mass is 462 g/mol. The summed E-state index contributed by atoms with van der Waals surface area (Å²) >= 11 is 5.22. The molecule has 10 heteroatoms. The van der Waals surface area contributed by atoms with E-state index in [1.165, 1.54) is 19.2 Å². The van der Waals surface area contributed by atoms with E-state index in [9.17, 15) is 14.9 Å². The summed E-state index contributed by atoms with van der Waals surface area (Å²) in [6.45, 7) is 2.01. The second-order valence-corrected chi connectivity index (χ2v) is 7.53. The van der Waals surface area contributed by atoms with Crippen LogP contribution in [0.15, 0.2) is 65.1 Å². The van der Waals surface area contributed by atoms with Gasteiger partial charge < -0.3 is 14.5 Å². The Bertz CT molecular complexity index is 1380. The maximum Gasteiger partial charge on any atom is 0.311 e. The third-order valence-electron chi connectivity index (χ3n) is 4.81. The van der Waals surface area contributed by atoms with E-state index in [4.69, 9.17) is 21.4 Å². The Morgan fingerprint density at radius 3 is 2.58 bits per heavy atom.